The molecule has 1 fully saturated rings. The number of ether oxygens (including phenoxy) is 1. The molecule has 0 aromatic heterocycles. The minimum Gasteiger partial charge on any atom is -0.496 e. The molecule has 0 heterocycles. The Bertz CT molecular complexity index is 806. The second-order valence-corrected chi connectivity index (χ2v) is 7.80. The topological polar surface area (TPSA) is 53.6 Å². The highest BCUT2D eigenvalue weighted by Gasteiger charge is 2.30. The Kier molecular flexibility index (Phi) is 7.09. The summed E-state index contributed by atoms with van der Waals surface area (Å²) in [6.45, 7) is 0.444. The molecule has 2 aromatic carbocycles. The van der Waals surface area contributed by atoms with Crippen LogP contribution in [0.15, 0.2) is 48.5 Å². The van der Waals surface area contributed by atoms with Gasteiger partial charge in [-0.05, 0) is 56.6 Å². The quantitative estimate of drug-likeness (QED) is 0.697. The highest BCUT2D eigenvalue weighted by atomic mass is 19.1. The zero-order chi connectivity index (χ0) is 20.8. The number of nitrogens with one attached hydrogen (secondary N) is 2. The minimum atomic E-state index is -0.267. The van der Waals surface area contributed by atoms with Crippen molar-refractivity contribution in [3.8, 4) is 5.75 Å². The molecule has 2 atom stereocenters. The van der Waals surface area contributed by atoms with E-state index in [0.717, 1.165) is 29.7 Å². The van der Waals surface area contributed by atoms with Crippen LogP contribution in [0.4, 0.5) is 9.18 Å². The number of rotatable bonds is 8. The predicted molar refractivity (Wildman–Crippen MR) is 112 cm³/mol. The van der Waals surface area contributed by atoms with Crippen LogP contribution in [-0.2, 0) is 0 Å². The van der Waals surface area contributed by atoms with Crippen LogP contribution in [0.25, 0.3) is 0 Å². The van der Waals surface area contributed by atoms with Gasteiger partial charge in [-0.3, -0.25) is 0 Å². The lowest BCUT2D eigenvalue weighted by Crippen LogP contribution is -2.44. The molecule has 156 valence electrons. The molecular weight excluding hydrogens is 369 g/mol. The Hall–Kier alpha value is -2.60. The van der Waals surface area contributed by atoms with Gasteiger partial charge < -0.3 is 20.3 Å². The van der Waals surface area contributed by atoms with Gasteiger partial charge in [0.05, 0.1) is 19.2 Å². The summed E-state index contributed by atoms with van der Waals surface area (Å²) in [7, 11) is 5.61. The molecule has 5 nitrogen and oxygen atoms in total. The summed E-state index contributed by atoms with van der Waals surface area (Å²) in [6, 6.07) is 13.9. The highest BCUT2D eigenvalue weighted by Crippen LogP contribution is 2.37. The van der Waals surface area contributed by atoms with Crippen LogP contribution < -0.4 is 15.4 Å². The van der Waals surface area contributed by atoms with Crippen molar-refractivity contribution in [3.05, 3.63) is 65.5 Å². The summed E-state index contributed by atoms with van der Waals surface area (Å²) in [5.74, 6) is 0.924. The van der Waals surface area contributed by atoms with Gasteiger partial charge >= 0.3 is 6.03 Å². The molecule has 2 unspecified atom stereocenters. The third kappa shape index (κ3) is 5.26. The van der Waals surface area contributed by atoms with E-state index < -0.39 is 0 Å². The minimum absolute atomic E-state index is 0.0233. The Morgan fingerprint density at radius 2 is 1.86 bits per heavy atom. The number of amides is 2. The van der Waals surface area contributed by atoms with Crippen molar-refractivity contribution in [1.29, 1.82) is 0 Å². The molecule has 1 aliphatic rings. The van der Waals surface area contributed by atoms with Crippen LogP contribution in [-0.4, -0.2) is 38.7 Å². The third-order valence-corrected chi connectivity index (χ3v) is 5.71. The van der Waals surface area contributed by atoms with Gasteiger partial charge in [0.2, 0.25) is 0 Å². The number of para-hydroxylation sites is 1. The second kappa shape index (κ2) is 9.74. The van der Waals surface area contributed by atoms with E-state index in [0.29, 0.717) is 12.5 Å². The number of hydrogen-bond donors (Lipinski definition) is 2. The first-order valence-electron chi connectivity index (χ1n) is 10.1. The number of halogens is 1. The lowest BCUT2D eigenvalue weighted by atomic mass is 9.77. The van der Waals surface area contributed by atoms with Crippen LogP contribution in [0.5, 0.6) is 5.75 Å². The van der Waals surface area contributed by atoms with E-state index in [1.54, 1.807) is 19.2 Å². The predicted octanol–water partition coefficient (Wildman–Crippen LogP) is 4.28. The number of benzene rings is 2. The van der Waals surface area contributed by atoms with Crippen molar-refractivity contribution < 1.29 is 13.9 Å². The fraction of sp³-hybridized carbons (Fsp3) is 0.435. The molecule has 0 aliphatic heterocycles. The van der Waals surface area contributed by atoms with Gasteiger partial charge in [0.15, 0.2) is 0 Å². The zero-order valence-electron chi connectivity index (χ0n) is 17.3. The smallest absolute Gasteiger partial charge is 0.315 e. The monoisotopic (exact) mass is 399 g/mol. The molecule has 3 rings (SSSR count). The van der Waals surface area contributed by atoms with E-state index in [9.17, 15) is 9.18 Å². The molecule has 0 radical (unpaired) electrons. The Morgan fingerprint density at radius 1 is 1.17 bits per heavy atom. The maximum atomic E-state index is 13.3. The Morgan fingerprint density at radius 3 is 2.45 bits per heavy atom. The normalized spacial score (nSPS) is 16.0. The molecule has 2 aromatic rings. The first-order chi connectivity index (χ1) is 14.0. The summed E-state index contributed by atoms with van der Waals surface area (Å²) < 4.78 is 18.8. The third-order valence-electron chi connectivity index (χ3n) is 5.71. The molecule has 1 aliphatic carbocycles. The van der Waals surface area contributed by atoms with Gasteiger partial charge in [-0.15, -0.1) is 0 Å². The van der Waals surface area contributed by atoms with Crippen LogP contribution >= 0.6 is 0 Å². The largest absolute Gasteiger partial charge is 0.496 e. The van der Waals surface area contributed by atoms with Crippen molar-refractivity contribution in [1.82, 2.24) is 15.5 Å². The number of likely N-dealkylation sites (N-methyl/N-ethyl adjacent to an activating group) is 1. The molecule has 29 heavy (non-hydrogen) atoms. The standard InChI is InChI=1S/C23H30FN3O2/c1-27(2)20(19-9-4-5-10-21(19)29-3)15-25-23(28)26-22(16-7-6-8-16)17-11-13-18(24)14-12-17/h4-5,9-14,16,20,22H,6-8,15H2,1-3H3,(H2,25,26,28). The molecular formula is C23H30FN3O2. The maximum absolute atomic E-state index is 13.3. The zero-order valence-corrected chi connectivity index (χ0v) is 17.3. The number of nitrogens with zero attached hydrogens (tertiary/aromatic N) is 1. The molecule has 2 N–H and O–H groups in total. The molecule has 2 amide bonds. The van der Waals surface area contributed by atoms with Crippen molar-refractivity contribution in [2.75, 3.05) is 27.7 Å². The number of carbonyl (C=O) groups is 1. The summed E-state index contributed by atoms with van der Waals surface area (Å²) in [5.41, 5.74) is 1.97. The fourth-order valence-electron chi connectivity index (χ4n) is 3.81. The van der Waals surface area contributed by atoms with Crippen LogP contribution in [0.2, 0.25) is 0 Å². The van der Waals surface area contributed by atoms with Crippen LogP contribution in [0, 0.1) is 11.7 Å². The lowest BCUT2D eigenvalue weighted by molar-refractivity contribution is 0.203. The fourth-order valence-corrected chi connectivity index (χ4v) is 3.81. The molecule has 1 saturated carbocycles. The molecule has 6 heteroatoms. The second-order valence-electron chi connectivity index (χ2n) is 7.80. The number of urea groups is 1. The maximum Gasteiger partial charge on any atom is 0.315 e. The van der Waals surface area contributed by atoms with Gasteiger partial charge in [-0.1, -0.05) is 36.8 Å². The van der Waals surface area contributed by atoms with Crippen LogP contribution in [0.3, 0.4) is 0 Å². The molecule has 0 bridgehead atoms. The highest BCUT2D eigenvalue weighted by molar-refractivity contribution is 5.74. The van der Waals surface area contributed by atoms with Gasteiger partial charge in [0.25, 0.3) is 0 Å². The van der Waals surface area contributed by atoms with Gasteiger partial charge in [0, 0.05) is 12.1 Å². The van der Waals surface area contributed by atoms with Crippen molar-refractivity contribution in [2.24, 2.45) is 5.92 Å². The van der Waals surface area contributed by atoms with Crippen molar-refractivity contribution in [3.63, 3.8) is 0 Å². The van der Waals surface area contributed by atoms with Gasteiger partial charge in [-0.25, -0.2) is 9.18 Å². The van der Waals surface area contributed by atoms with E-state index in [1.807, 2.05) is 38.4 Å². The van der Waals surface area contributed by atoms with E-state index in [2.05, 4.69) is 15.5 Å². The number of carbonyl (C=O) groups excluding carboxylic acids is 1. The van der Waals surface area contributed by atoms with Gasteiger partial charge in [0.1, 0.15) is 11.6 Å². The van der Waals surface area contributed by atoms with Crippen molar-refractivity contribution in [2.45, 2.75) is 31.3 Å². The Balaban J connectivity index is 1.66. The SMILES string of the molecule is COc1ccccc1C(CNC(=O)NC(c1ccc(F)cc1)C1CCC1)N(C)C. The van der Waals surface area contributed by atoms with Gasteiger partial charge in [-0.2, -0.15) is 0 Å². The first-order valence-corrected chi connectivity index (χ1v) is 10.1. The van der Waals surface area contributed by atoms with Crippen LogP contribution in [0.1, 0.15) is 42.5 Å². The summed E-state index contributed by atoms with van der Waals surface area (Å²) >= 11 is 0. The van der Waals surface area contributed by atoms with E-state index >= 15 is 0 Å². The first kappa shape index (κ1) is 21.1. The number of methoxy groups -OCH3 is 1. The average molecular weight is 400 g/mol. The molecule has 0 spiro atoms. The van der Waals surface area contributed by atoms with E-state index in [-0.39, 0.29) is 23.9 Å². The lowest BCUT2D eigenvalue weighted by Gasteiger charge is -2.35. The van der Waals surface area contributed by atoms with E-state index in [1.165, 1.54) is 18.6 Å². The molecule has 0 saturated heterocycles. The Labute approximate surface area is 172 Å². The summed E-state index contributed by atoms with van der Waals surface area (Å²) in [4.78, 5) is 14.8. The average Bonchev–Trinajstić information content (AvgIpc) is 2.67. The number of hydrogen-bond acceptors (Lipinski definition) is 3. The van der Waals surface area contributed by atoms with E-state index in [4.69, 9.17) is 4.74 Å². The van der Waals surface area contributed by atoms with Crippen molar-refractivity contribution >= 4 is 6.03 Å². The summed E-state index contributed by atoms with van der Waals surface area (Å²) in [5, 5.41) is 6.11. The summed E-state index contributed by atoms with van der Waals surface area (Å²) in [6.07, 6.45) is 3.32.